The van der Waals surface area contributed by atoms with Crippen LogP contribution in [0.2, 0.25) is 0 Å². The van der Waals surface area contributed by atoms with Crippen LogP contribution in [-0.2, 0) is 4.79 Å². The Hall–Kier alpha value is -3.84. The Kier molecular flexibility index (Phi) is 7.60. The second kappa shape index (κ2) is 10.8. The van der Waals surface area contributed by atoms with Crippen molar-refractivity contribution in [2.45, 2.75) is 27.7 Å². The average molecular weight is 487 g/mol. The van der Waals surface area contributed by atoms with Gasteiger partial charge in [-0.1, -0.05) is 38.1 Å². The zero-order valence-corrected chi connectivity index (χ0v) is 21.6. The van der Waals surface area contributed by atoms with Gasteiger partial charge in [-0.25, -0.2) is 0 Å². The molecule has 0 saturated heterocycles. The van der Waals surface area contributed by atoms with Crippen molar-refractivity contribution in [3.05, 3.63) is 70.5 Å². The Balaban J connectivity index is 1.68. The number of hydrogen-bond donors (Lipinski definition) is 3. The minimum atomic E-state index is -0.169. The highest BCUT2D eigenvalue weighted by Gasteiger charge is 2.28. The van der Waals surface area contributed by atoms with Gasteiger partial charge in [-0.3, -0.25) is 9.59 Å². The van der Waals surface area contributed by atoms with Crippen LogP contribution in [0.25, 0.3) is 22.8 Å². The van der Waals surface area contributed by atoms with Crippen molar-refractivity contribution in [2.24, 2.45) is 0 Å². The number of ether oxygens (including phenoxy) is 1. The van der Waals surface area contributed by atoms with Crippen LogP contribution in [-0.4, -0.2) is 55.0 Å². The molecule has 0 saturated carbocycles. The lowest BCUT2D eigenvalue weighted by Crippen LogP contribution is -2.35. The Morgan fingerprint density at radius 1 is 1.11 bits per heavy atom. The number of H-pyrrole nitrogens is 1. The fraction of sp³-hybridized carbons (Fsp3) is 0.310. The second-order valence-electron chi connectivity index (χ2n) is 8.92. The van der Waals surface area contributed by atoms with Crippen molar-refractivity contribution in [2.75, 3.05) is 38.6 Å². The number of carbonyl (C=O) groups is 2. The minimum absolute atomic E-state index is 0.105. The van der Waals surface area contributed by atoms with Gasteiger partial charge < -0.3 is 25.3 Å². The van der Waals surface area contributed by atoms with Crippen LogP contribution in [0.5, 0.6) is 5.75 Å². The molecule has 0 atom stereocenters. The molecule has 1 aromatic heterocycles. The van der Waals surface area contributed by atoms with E-state index >= 15 is 0 Å². The van der Waals surface area contributed by atoms with E-state index in [0.29, 0.717) is 17.7 Å². The van der Waals surface area contributed by atoms with E-state index in [1.54, 1.807) is 7.11 Å². The highest BCUT2D eigenvalue weighted by Crippen LogP contribution is 2.41. The summed E-state index contributed by atoms with van der Waals surface area (Å²) < 4.78 is 5.40. The molecule has 1 aliphatic heterocycles. The second-order valence-corrected chi connectivity index (χ2v) is 8.92. The van der Waals surface area contributed by atoms with E-state index in [1.807, 2.05) is 62.4 Å². The van der Waals surface area contributed by atoms with Crippen LogP contribution in [0.3, 0.4) is 0 Å². The molecule has 0 aliphatic carbocycles. The predicted molar refractivity (Wildman–Crippen MR) is 145 cm³/mol. The molecule has 2 heterocycles. The molecule has 3 N–H and O–H groups in total. The quantitative estimate of drug-likeness (QED) is 0.377. The molecule has 0 radical (unpaired) electrons. The number of aromatic amines is 1. The van der Waals surface area contributed by atoms with Gasteiger partial charge in [0.1, 0.15) is 5.75 Å². The number of methoxy groups -OCH3 is 1. The van der Waals surface area contributed by atoms with Crippen molar-refractivity contribution < 1.29 is 14.3 Å². The Labute approximate surface area is 212 Å². The maximum atomic E-state index is 13.0. The zero-order chi connectivity index (χ0) is 25.8. The molecule has 0 bridgehead atoms. The van der Waals surface area contributed by atoms with Gasteiger partial charge in [0.2, 0.25) is 0 Å². The number of nitrogens with one attached hydrogen (secondary N) is 3. The lowest BCUT2D eigenvalue weighted by atomic mass is 9.94. The molecule has 36 heavy (non-hydrogen) atoms. The monoisotopic (exact) mass is 486 g/mol. The van der Waals surface area contributed by atoms with E-state index in [4.69, 9.17) is 4.74 Å². The standard InChI is InChI=1S/C29H34N4O3/c1-6-33(7-2)15-14-30-29(35)26-18(3)25(31-19(26)4)17-23-27-22(12-9-13-24(27)32-28(23)34)20-10-8-11-21(16-20)36-5/h8-13,16-17,31H,6-7,14-15H2,1-5H3,(H,30,35)(H,32,34). The third-order valence-electron chi connectivity index (χ3n) is 6.81. The number of nitrogens with zero attached hydrogens (tertiary/aromatic N) is 1. The SMILES string of the molecule is CCN(CC)CCNC(=O)c1c(C)[nH]c(C=C2C(=O)Nc3cccc(-c4cccc(OC)c4)c32)c1C. The van der Waals surface area contributed by atoms with E-state index < -0.39 is 0 Å². The summed E-state index contributed by atoms with van der Waals surface area (Å²) in [5.41, 5.74) is 7.03. The Bertz CT molecular complexity index is 1320. The van der Waals surface area contributed by atoms with Gasteiger partial charge in [0.15, 0.2) is 0 Å². The summed E-state index contributed by atoms with van der Waals surface area (Å²) in [7, 11) is 1.64. The first-order valence-corrected chi connectivity index (χ1v) is 12.4. The van der Waals surface area contributed by atoms with Crippen molar-refractivity contribution in [3.63, 3.8) is 0 Å². The molecule has 2 aromatic carbocycles. The number of aromatic nitrogens is 1. The van der Waals surface area contributed by atoms with Crippen molar-refractivity contribution in [1.82, 2.24) is 15.2 Å². The van der Waals surface area contributed by atoms with E-state index in [0.717, 1.165) is 64.7 Å². The fourth-order valence-electron chi connectivity index (χ4n) is 4.78. The number of fused-ring (bicyclic) bond motifs is 1. The zero-order valence-electron chi connectivity index (χ0n) is 21.6. The minimum Gasteiger partial charge on any atom is -0.497 e. The van der Waals surface area contributed by atoms with Crippen LogP contribution in [0.15, 0.2) is 42.5 Å². The molecule has 3 aromatic rings. The lowest BCUT2D eigenvalue weighted by Gasteiger charge is -2.18. The summed E-state index contributed by atoms with van der Waals surface area (Å²) in [6, 6.07) is 13.6. The number of likely N-dealkylation sites (N-methyl/N-ethyl adjacent to an activating group) is 1. The number of carbonyl (C=O) groups excluding carboxylic acids is 2. The molecule has 2 amide bonds. The van der Waals surface area contributed by atoms with Crippen molar-refractivity contribution >= 4 is 29.2 Å². The van der Waals surface area contributed by atoms with E-state index in [1.165, 1.54) is 0 Å². The maximum absolute atomic E-state index is 13.0. The number of benzene rings is 2. The van der Waals surface area contributed by atoms with Crippen LogP contribution in [0, 0.1) is 13.8 Å². The number of hydrogen-bond acceptors (Lipinski definition) is 4. The Morgan fingerprint density at radius 3 is 2.58 bits per heavy atom. The van der Waals surface area contributed by atoms with Gasteiger partial charge in [0, 0.05) is 35.7 Å². The van der Waals surface area contributed by atoms with Crippen molar-refractivity contribution in [3.8, 4) is 16.9 Å². The predicted octanol–water partition coefficient (Wildman–Crippen LogP) is 4.87. The van der Waals surface area contributed by atoms with Gasteiger partial charge >= 0.3 is 0 Å². The van der Waals surface area contributed by atoms with Gasteiger partial charge in [-0.2, -0.15) is 0 Å². The van der Waals surface area contributed by atoms with Crippen LogP contribution < -0.4 is 15.4 Å². The smallest absolute Gasteiger partial charge is 0.256 e. The summed E-state index contributed by atoms with van der Waals surface area (Å²) in [5, 5.41) is 6.02. The van der Waals surface area contributed by atoms with Crippen LogP contribution in [0.1, 0.15) is 46.7 Å². The van der Waals surface area contributed by atoms with Crippen molar-refractivity contribution in [1.29, 1.82) is 0 Å². The third-order valence-corrected chi connectivity index (χ3v) is 6.81. The summed E-state index contributed by atoms with van der Waals surface area (Å²) in [6.07, 6.45) is 1.85. The highest BCUT2D eigenvalue weighted by molar-refractivity contribution is 6.36. The molecule has 7 heteroatoms. The number of anilines is 1. The largest absolute Gasteiger partial charge is 0.497 e. The molecule has 4 rings (SSSR count). The molecular formula is C29H34N4O3. The molecule has 1 aliphatic rings. The Morgan fingerprint density at radius 2 is 1.86 bits per heavy atom. The third kappa shape index (κ3) is 4.93. The molecular weight excluding hydrogens is 452 g/mol. The molecule has 0 spiro atoms. The first-order valence-electron chi connectivity index (χ1n) is 12.4. The summed E-state index contributed by atoms with van der Waals surface area (Å²) in [5.74, 6) is 0.476. The van der Waals surface area contributed by atoms with Gasteiger partial charge in [-0.05, 0) is 67.9 Å². The summed E-state index contributed by atoms with van der Waals surface area (Å²) >= 11 is 0. The number of rotatable bonds is 9. The first-order chi connectivity index (χ1) is 17.4. The first kappa shape index (κ1) is 25.3. The number of aryl methyl sites for hydroxylation is 1. The molecule has 188 valence electrons. The van der Waals surface area contributed by atoms with Crippen LogP contribution in [0.4, 0.5) is 5.69 Å². The average Bonchev–Trinajstić information content (AvgIpc) is 3.36. The van der Waals surface area contributed by atoms with E-state index in [2.05, 4.69) is 34.4 Å². The number of amides is 2. The van der Waals surface area contributed by atoms with Gasteiger partial charge in [0.05, 0.1) is 18.2 Å². The molecule has 0 unspecified atom stereocenters. The van der Waals surface area contributed by atoms with E-state index in [-0.39, 0.29) is 11.8 Å². The summed E-state index contributed by atoms with van der Waals surface area (Å²) in [4.78, 5) is 31.6. The van der Waals surface area contributed by atoms with Crippen LogP contribution >= 0.6 is 0 Å². The van der Waals surface area contributed by atoms with Gasteiger partial charge in [-0.15, -0.1) is 0 Å². The highest BCUT2D eigenvalue weighted by atomic mass is 16.5. The fourth-order valence-corrected chi connectivity index (χ4v) is 4.78. The maximum Gasteiger partial charge on any atom is 0.256 e. The lowest BCUT2D eigenvalue weighted by molar-refractivity contribution is -0.110. The summed E-state index contributed by atoms with van der Waals surface area (Å²) in [6.45, 7) is 11.3. The molecule has 7 nitrogen and oxygen atoms in total. The van der Waals surface area contributed by atoms with E-state index in [9.17, 15) is 9.59 Å². The topological polar surface area (TPSA) is 86.5 Å². The van der Waals surface area contributed by atoms with Gasteiger partial charge in [0.25, 0.3) is 11.8 Å². The normalized spacial score (nSPS) is 13.7. The molecule has 0 fully saturated rings.